The van der Waals surface area contributed by atoms with Crippen LogP contribution in [0.5, 0.6) is 0 Å². The molecule has 0 spiro atoms. The first kappa shape index (κ1) is 10.6. The molecule has 0 aliphatic heterocycles. The van der Waals surface area contributed by atoms with Crippen LogP contribution in [-0.4, -0.2) is 10.3 Å². The third-order valence-electron chi connectivity index (χ3n) is 1.35. The molecule has 0 aromatic heterocycles. The Bertz CT molecular complexity index is 354. The Kier molecular flexibility index (Phi) is 3.41. The largest absolute Gasteiger partial charge is 0.284 e. The molecule has 0 bridgehead atoms. The standard InChI is InChI=1S/C9H12O2S2/c1-8(2)11-13(10,12)9-6-4-3-5-7-9/h3-8H,1-2H3. The fourth-order valence-corrected chi connectivity index (χ4v) is 2.81. The van der Waals surface area contributed by atoms with Crippen molar-refractivity contribution in [2.45, 2.75) is 24.8 Å². The molecule has 1 aromatic carbocycles. The Hall–Kier alpha value is -0.450. The lowest BCUT2D eigenvalue weighted by Crippen LogP contribution is -2.11. The van der Waals surface area contributed by atoms with Gasteiger partial charge in [0.25, 0.3) is 0 Å². The molecule has 4 heteroatoms. The highest BCUT2D eigenvalue weighted by Crippen LogP contribution is 2.13. The van der Waals surface area contributed by atoms with Crippen molar-refractivity contribution in [3.63, 3.8) is 0 Å². The Morgan fingerprint density at radius 3 is 2.31 bits per heavy atom. The van der Waals surface area contributed by atoms with E-state index in [1.165, 1.54) is 0 Å². The van der Waals surface area contributed by atoms with Crippen molar-refractivity contribution in [2.75, 3.05) is 0 Å². The smallest absolute Gasteiger partial charge is 0.173 e. The summed E-state index contributed by atoms with van der Waals surface area (Å²) in [5.74, 6) is 0. The molecular formula is C9H12O2S2. The summed E-state index contributed by atoms with van der Waals surface area (Å²) in [5, 5.41) is 0. The molecule has 0 heterocycles. The maximum atomic E-state index is 11.8. The van der Waals surface area contributed by atoms with Crippen molar-refractivity contribution in [3.8, 4) is 0 Å². The van der Waals surface area contributed by atoms with Gasteiger partial charge in [0.1, 0.15) is 0 Å². The lowest BCUT2D eigenvalue weighted by atomic mass is 10.4. The van der Waals surface area contributed by atoms with Gasteiger partial charge in [0, 0.05) is 11.2 Å². The van der Waals surface area contributed by atoms with E-state index >= 15 is 0 Å². The normalized spacial score (nSPS) is 15.6. The van der Waals surface area contributed by atoms with Crippen LogP contribution in [0.25, 0.3) is 0 Å². The molecule has 0 fully saturated rings. The fourth-order valence-electron chi connectivity index (χ4n) is 0.896. The summed E-state index contributed by atoms with van der Waals surface area (Å²) in [6.07, 6.45) is -0.120. The maximum Gasteiger partial charge on any atom is 0.173 e. The minimum absolute atomic E-state index is 0.120. The average Bonchev–Trinajstić information content (AvgIpc) is 2.04. The molecule has 1 rings (SSSR count). The molecule has 1 atom stereocenters. The second-order valence-corrected chi connectivity index (χ2v) is 5.80. The third-order valence-corrected chi connectivity index (χ3v) is 3.65. The van der Waals surface area contributed by atoms with Crippen molar-refractivity contribution in [1.82, 2.24) is 0 Å². The van der Waals surface area contributed by atoms with Crippen LogP contribution in [0, 0.1) is 0 Å². The average molecular weight is 216 g/mol. The lowest BCUT2D eigenvalue weighted by molar-refractivity contribution is 0.268. The van der Waals surface area contributed by atoms with E-state index in [0.717, 1.165) is 0 Å². The van der Waals surface area contributed by atoms with E-state index in [4.69, 9.17) is 15.4 Å². The van der Waals surface area contributed by atoms with E-state index in [0.29, 0.717) is 4.90 Å². The quantitative estimate of drug-likeness (QED) is 0.774. The monoisotopic (exact) mass is 216 g/mol. The first-order valence-electron chi connectivity index (χ1n) is 4.01. The summed E-state index contributed by atoms with van der Waals surface area (Å²) in [4.78, 5) is 0.568. The highest BCUT2D eigenvalue weighted by atomic mass is 32.8. The van der Waals surface area contributed by atoms with Gasteiger partial charge in [-0.25, -0.2) is 4.21 Å². The molecule has 0 aliphatic rings. The van der Waals surface area contributed by atoms with Crippen LogP contribution in [0.2, 0.25) is 0 Å². The third kappa shape index (κ3) is 3.06. The van der Waals surface area contributed by atoms with Gasteiger partial charge < -0.3 is 0 Å². The van der Waals surface area contributed by atoms with Crippen molar-refractivity contribution < 1.29 is 8.39 Å². The van der Waals surface area contributed by atoms with Crippen molar-refractivity contribution in [3.05, 3.63) is 30.3 Å². The van der Waals surface area contributed by atoms with E-state index in [9.17, 15) is 4.21 Å². The molecule has 0 aliphatic carbocycles. The summed E-state index contributed by atoms with van der Waals surface area (Å²) in [7, 11) is -2.73. The molecule has 2 nitrogen and oxygen atoms in total. The van der Waals surface area contributed by atoms with Gasteiger partial charge in [-0.3, -0.25) is 4.18 Å². The van der Waals surface area contributed by atoms with Crippen LogP contribution in [0.1, 0.15) is 13.8 Å². The van der Waals surface area contributed by atoms with Crippen LogP contribution in [-0.2, 0) is 24.1 Å². The Morgan fingerprint density at radius 1 is 1.31 bits per heavy atom. The van der Waals surface area contributed by atoms with Gasteiger partial charge >= 0.3 is 0 Å². The number of hydrogen-bond donors (Lipinski definition) is 0. The van der Waals surface area contributed by atoms with Gasteiger partial charge in [-0.1, -0.05) is 18.2 Å². The number of benzene rings is 1. The molecule has 0 amide bonds. The van der Waals surface area contributed by atoms with Crippen molar-refractivity contribution >= 4 is 20.0 Å². The van der Waals surface area contributed by atoms with Crippen LogP contribution >= 0.6 is 0 Å². The van der Waals surface area contributed by atoms with Crippen molar-refractivity contribution in [1.29, 1.82) is 0 Å². The van der Waals surface area contributed by atoms with Crippen LogP contribution in [0.4, 0.5) is 0 Å². The second-order valence-electron chi connectivity index (χ2n) is 2.91. The van der Waals surface area contributed by atoms with Crippen LogP contribution < -0.4 is 0 Å². The molecule has 0 saturated carbocycles. The van der Waals surface area contributed by atoms with E-state index in [1.54, 1.807) is 24.3 Å². The summed E-state index contributed by atoms with van der Waals surface area (Å²) in [6.45, 7) is 3.63. The minimum Gasteiger partial charge on any atom is -0.284 e. The number of hydrogen-bond acceptors (Lipinski definition) is 3. The van der Waals surface area contributed by atoms with Gasteiger partial charge in [-0.2, -0.15) is 0 Å². The van der Waals surface area contributed by atoms with Gasteiger partial charge in [0.2, 0.25) is 0 Å². The van der Waals surface area contributed by atoms with Crippen molar-refractivity contribution in [2.24, 2.45) is 0 Å². The Balaban J connectivity index is 2.96. The summed E-state index contributed by atoms with van der Waals surface area (Å²) in [6, 6.07) is 8.88. The highest BCUT2D eigenvalue weighted by molar-refractivity contribution is 8.30. The zero-order valence-electron chi connectivity index (χ0n) is 7.60. The molecule has 72 valence electrons. The molecule has 1 unspecified atom stereocenters. The molecule has 0 radical (unpaired) electrons. The van der Waals surface area contributed by atoms with Crippen LogP contribution in [0.3, 0.4) is 0 Å². The zero-order valence-corrected chi connectivity index (χ0v) is 9.23. The summed E-state index contributed by atoms with van der Waals surface area (Å²) < 4.78 is 17.0. The number of rotatable bonds is 3. The zero-order chi connectivity index (χ0) is 9.90. The van der Waals surface area contributed by atoms with Crippen LogP contribution in [0.15, 0.2) is 35.2 Å². The van der Waals surface area contributed by atoms with E-state index in [1.807, 2.05) is 19.9 Å². The van der Waals surface area contributed by atoms with E-state index in [2.05, 4.69) is 0 Å². The molecule has 1 aromatic rings. The Labute approximate surface area is 83.8 Å². The van der Waals surface area contributed by atoms with Gasteiger partial charge in [-0.15, -0.1) is 0 Å². The van der Waals surface area contributed by atoms with Gasteiger partial charge in [-0.05, 0) is 26.0 Å². The molecule has 13 heavy (non-hydrogen) atoms. The maximum absolute atomic E-state index is 11.8. The molecule has 0 N–H and O–H groups in total. The topological polar surface area (TPSA) is 26.3 Å². The molecular weight excluding hydrogens is 204 g/mol. The molecule has 0 saturated heterocycles. The first-order valence-corrected chi connectivity index (χ1v) is 6.41. The lowest BCUT2D eigenvalue weighted by Gasteiger charge is -2.10. The predicted molar refractivity (Wildman–Crippen MR) is 56.4 cm³/mol. The van der Waals surface area contributed by atoms with E-state index < -0.39 is 8.77 Å². The predicted octanol–water partition coefficient (Wildman–Crippen LogP) is 2.13. The summed E-state index contributed by atoms with van der Waals surface area (Å²) >= 11 is 4.89. The van der Waals surface area contributed by atoms with E-state index in [-0.39, 0.29) is 6.10 Å². The highest BCUT2D eigenvalue weighted by Gasteiger charge is 2.11. The first-order chi connectivity index (χ1) is 6.02. The fraction of sp³-hybridized carbons (Fsp3) is 0.333. The SMILES string of the molecule is CC(C)OS(=O)(=S)c1ccccc1. The second kappa shape index (κ2) is 4.17. The minimum atomic E-state index is -2.73. The Morgan fingerprint density at radius 2 is 1.85 bits per heavy atom. The summed E-state index contributed by atoms with van der Waals surface area (Å²) in [5.41, 5.74) is 0. The van der Waals surface area contributed by atoms with Gasteiger partial charge in [0.05, 0.1) is 11.0 Å². The van der Waals surface area contributed by atoms with Gasteiger partial charge in [0.15, 0.2) is 8.77 Å².